The van der Waals surface area contributed by atoms with Crippen LogP contribution in [0.3, 0.4) is 0 Å². The number of nitrogens with zero attached hydrogens (tertiary/aromatic N) is 3. The number of carboxylic acid groups (broad SMARTS) is 1. The normalized spacial score (nSPS) is 16.9. The van der Waals surface area contributed by atoms with Crippen LogP contribution >= 0.6 is 0 Å². The maximum atomic E-state index is 11.3. The Morgan fingerprint density at radius 1 is 1.37 bits per heavy atom. The van der Waals surface area contributed by atoms with Crippen LogP contribution in [0.5, 0.6) is 0 Å². The summed E-state index contributed by atoms with van der Waals surface area (Å²) in [4.78, 5) is 15.8. The minimum absolute atomic E-state index is 0.296. The Morgan fingerprint density at radius 2 is 2.11 bits per heavy atom. The fourth-order valence-corrected chi connectivity index (χ4v) is 2.91. The molecule has 0 radical (unpaired) electrons. The van der Waals surface area contributed by atoms with Gasteiger partial charge in [-0.05, 0) is 25.8 Å². The molecule has 19 heavy (non-hydrogen) atoms. The molecule has 0 atom stereocenters. The van der Waals surface area contributed by atoms with Gasteiger partial charge in [0.1, 0.15) is 0 Å². The molecule has 0 unspecified atom stereocenters. The highest BCUT2D eigenvalue weighted by Crippen LogP contribution is 2.30. The quantitative estimate of drug-likeness (QED) is 0.900. The standard InChI is InChI=1S/C14H17N3O2/c1-9-7-11(14(18)19)12-8-15-17(13(12)16-9)10-5-3-2-4-6-10/h7-8,10H,2-6H2,1H3,(H,18,19). The number of carboxylic acids is 1. The number of hydrogen-bond acceptors (Lipinski definition) is 3. The van der Waals surface area contributed by atoms with Gasteiger partial charge in [0.15, 0.2) is 5.65 Å². The average Bonchev–Trinajstić information content (AvgIpc) is 2.82. The first-order valence-electron chi connectivity index (χ1n) is 6.75. The van der Waals surface area contributed by atoms with Crippen molar-refractivity contribution in [1.82, 2.24) is 14.8 Å². The van der Waals surface area contributed by atoms with Gasteiger partial charge in [-0.1, -0.05) is 19.3 Å². The van der Waals surface area contributed by atoms with Gasteiger partial charge in [-0.3, -0.25) is 0 Å². The fraction of sp³-hybridized carbons (Fsp3) is 0.500. The molecule has 0 aliphatic heterocycles. The molecule has 1 aliphatic rings. The summed E-state index contributed by atoms with van der Waals surface area (Å²) in [6, 6.07) is 1.97. The Bertz CT molecular complexity index is 627. The maximum Gasteiger partial charge on any atom is 0.336 e. The lowest BCUT2D eigenvalue weighted by Gasteiger charge is -2.22. The molecular formula is C14H17N3O2. The van der Waals surface area contributed by atoms with E-state index in [2.05, 4.69) is 10.1 Å². The lowest BCUT2D eigenvalue weighted by Crippen LogP contribution is -2.14. The third-order valence-corrected chi connectivity index (χ3v) is 3.85. The second kappa shape index (κ2) is 4.64. The lowest BCUT2D eigenvalue weighted by atomic mass is 9.96. The van der Waals surface area contributed by atoms with E-state index in [0.717, 1.165) is 18.5 Å². The third-order valence-electron chi connectivity index (χ3n) is 3.85. The first kappa shape index (κ1) is 12.1. The van der Waals surface area contributed by atoms with Crippen molar-refractivity contribution in [3.63, 3.8) is 0 Å². The summed E-state index contributed by atoms with van der Waals surface area (Å²) in [7, 11) is 0. The number of pyridine rings is 1. The van der Waals surface area contributed by atoms with Crippen LogP contribution < -0.4 is 0 Å². The molecule has 5 nitrogen and oxygen atoms in total. The van der Waals surface area contributed by atoms with Gasteiger partial charge < -0.3 is 5.11 Å². The van der Waals surface area contributed by atoms with Gasteiger partial charge >= 0.3 is 5.97 Å². The van der Waals surface area contributed by atoms with Crippen molar-refractivity contribution in [3.8, 4) is 0 Å². The van der Waals surface area contributed by atoms with Gasteiger partial charge in [-0.15, -0.1) is 0 Å². The van der Waals surface area contributed by atoms with Gasteiger partial charge in [0, 0.05) is 5.69 Å². The Labute approximate surface area is 111 Å². The molecule has 2 heterocycles. The largest absolute Gasteiger partial charge is 0.478 e. The van der Waals surface area contributed by atoms with Crippen LogP contribution in [0.2, 0.25) is 0 Å². The third kappa shape index (κ3) is 2.09. The van der Waals surface area contributed by atoms with E-state index in [-0.39, 0.29) is 0 Å². The van der Waals surface area contributed by atoms with E-state index >= 15 is 0 Å². The summed E-state index contributed by atoms with van der Waals surface area (Å²) < 4.78 is 1.92. The Balaban J connectivity index is 2.14. The molecule has 1 fully saturated rings. The number of aryl methyl sites for hydroxylation is 1. The molecule has 2 aromatic rings. The summed E-state index contributed by atoms with van der Waals surface area (Å²) in [5, 5.41) is 14.3. The molecule has 0 aromatic carbocycles. The van der Waals surface area contributed by atoms with E-state index < -0.39 is 5.97 Å². The van der Waals surface area contributed by atoms with Crippen molar-refractivity contribution < 1.29 is 9.90 Å². The molecule has 1 N–H and O–H groups in total. The smallest absolute Gasteiger partial charge is 0.336 e. The molecule has 0 saturated heterocycles. The van der Waals surface area contributed by atoms with Gasteiger partial charge in [-0.25, -0.2) is 14.5 Å². The monoisotopic (exact) mass is 259 g/mol. The number of hydrogen-bond donors (Lipinski definition) is 1. The Hall–Kier alpha value is -1.91. The highest BCUT2D eigenvalue weighted by molar-refractivity contribution is 6.01. The molecule has 2 aromatic heterocycles. The van der Waals surface area contributed by atoms with E-state index in [0.29, 0.717) is 22.6 Å². The van der Waals surface area contributed by atoms with E-state index in [4.69, 9.17) is 0 Å². The van der Waals surface area contributed by atoms with Crippen molar-refractivity contribution >= 4 is 17.0 Å². The second-order valence-corrected chi connectivity index (χ2v) is 5.23. The van der Waals surface area contributed by atoms with Crippen molar-refractivity contribution in [2.45, 2.75) is 45.1 Å². The summed E-state index contributed by atoms with van der Waals surface area (Å²) in [5.41, 5.74) is 1.73. The van der Waals surface area contributed by atoms with Crippen LogP contribution in [0.1, 0.15) is 54.2 Å². The van der Waals surface area contributed by atoms with Crippen molar-refractivity contribution in [2.75, 3.05) is 0 Å². The van der Waals surface area contributed by atoms with Gasteiger partial charge in [-0.2, -0.15) is 5.10 Å². The first-order chi connectivity index (χ1) is 9.16. The highest BCUT2D eigenvalue weighted by Gasteiger charge is 2.21. The van der Waals surface area contributed by atoms with E-state index in [1.54, 1.807) is 12.3 Å². The molecule has 0 amide bonds. The first-order valence-corrected chi connectivity index (χ1v) is 6.75. The van der Waals surface area contributed by atoms with Gasteiger partial charge in [0.2, 0.25) is 0 Å². The molecular weight excluding hydrogens is 242 g/mol. The maximum absolute atomic E-state index is 11.3. The second-order valence-electron chi connectivity index (χ2n) is 5.23. The minimum atomic E-state index is -0.918. The topological polar surface area (TPSA) is 68.0 Å². The zero-order valence-electron chi connectivity index (χ0n) is 11.0. The zero-order valence-corrected chi connectivity index (χ0v) is 11.0. The van der Waals surface area contributed by atoms with Crippen LogP contribution in [0.15, 0.2) is 12.3 Å². The number of aromatic nitrogens is 3. The van der Waals surface area contributed by atoms with Crippen LogP contribution in [0, 0.1) is 6.92 Å². The predicted molar refractivity (Wildman–Crippen MR) is 71.3 cm³/mol. The average molecular weight is 259 g/mol. The van der Waals surface area contributed by atoms with E-state index in [1.807, 2.05) is 11.6 Å². The predicted octanol–water partition coefficient (Wildman–Crippen LogP) is 2.94. The Kier molecular flexibility index (Phi) is 2.97. The molecule has 1 aliphatic carbocycles. The molecule has 3 rings (SSSR count). The van der Waals surface area contributed by atoms with Crippen LogP contribution in [-0.4, -0.2) is 25.8 Å². The highest BCUT2D eigenvalue weighted by atomic mass is 16.4. The number of rotatable bonds is 2. The summed E-state index contributed by atoms with van der Waals surface area (Å²) in [6.07, 6.45) is 7.55. The number of aromatic carboxylic acids is 1. The van der Waals surface area contributed by atoms with Crippen molar-refractivity contribution in [1.29, 1.82) is 0 Å². The molecule has 100 valence electrons. The molecule has 5 heteroatoms. The van der Waals surface area contributed by atoms with Crippen LogP contribution in [0.25, 0.3) is 11.0 Å². The molecule has 0 spiro atoms. The van der Waals surface area contributed by atoms with E-state index in [9.17, 15) is 9.90 Å². The molecule has 1 saturated carbocycles. The number of carbonyl (C=O) groups is 1. The summed E-state index contributed by atoms with van der Waals surface area (Å²) in [6.45, 7) is 1.82. The fourth-order valence-electron chi connectivity index (χ4n) is 2.91. The van der Waals surface area contributed by atoms with Crippen LogP contribution in [0.4, 0.5) is 0 Å². The lowest BCUT2D eigenvalue weighted by molar-refractivity contribution is 0.0699. The van der Waals surface area contributed by atoms with Crippen molar-refractivity contribution in [3.05, 3.63) is 23.5 Å². The van der Waals surface area contributed by atoms with E-state index in [1.165, 1.54) is 19.3 Å². The Morgan fingerprint density at radius 3 is 2.79 bits per heavy atom. The SMILES string of the molecule is Cc1cc(C(=O)O)c2cnn(C3CCCCC3)c2n1. The zero-order chi connectivity index (χ0) is 13.4. The summed E-state index contributed by atoms with van der Waals surface area (Å²) >= 11 is 0. The summed E-state index contributed by atoms with van der Waals surface area (Å²) in [5.74, 6) is -0.918. The van der Waals surface area contributed by atoms with Crippen molar-refractivity contribution in [2.24, 2.45) is 0 Å². The van der Waals surface area contributed by atoms with Crippen LogP contribution in [-0.2, 0) is 0 Å². The number of fused-ring (bicyclic) bond motifs is 1. The van der Waals surface area contributed by atoms with Gasteiger partial charge in [0.25, 0.3) is 0 Å². The molecule has 0 bridgehead atoms. The van der Waals surface area contributed by atoms with Gasteiger partial charge in [0.05, 0.1) is 23.2 Å². The minimum Gasteiger partial charge on any atom is -0.478 e.